The highest BCUT2D eigenvalue weighted by atomic mass is 16.7. The van der Waals surface area contributed by atoms with E-state index in [-0.39, 0.29) is 57.2 Å². The molecule has 6 saturated carbocycles. The number of hydrogen-bond acceptors (Lipinski definition) is 6. The van der Waals surface area contributed by atoms with E-state index >= 15 is 0 Å². The van der Waals surface area contributed by atoms with E-state index in [0.29, 0.717) is 56.7 Å². The van der Waals surface area contributed by atoms with E-state index in [2.05, 4.69) is 39.9 Å². The minimum absolute atomic E-state index is 0.00188. The van der Waals surface area contributed by atoms with Gasteiger partial charge in [-0.2, -0.15) is 0 Å². The summed E-state index contributed by atoms with van der Waals surface area (Å²) in [6.07, 6.45) is 14.0. The molecule has 8 fully saturated rings. The van der Waals surface area contributed by atoms with Gasteiger partial charge in [0.1, 0.15) is 6.10 Å². The summed E-state index contributed by atoms with van der Waals surface area (Å²) in [5.74, 6) is 3.71. The van der Waals surface area contributed by atoms with E-state index in [1.54, 1.807) is 13.0 Å². The first-order chi connectivity index (χ1) is 22.3. The molecule has 47 heavy (non-hydrogen) atoms. The maximum atomic E-state index is 12.9. The minimum Gasteiger partial charge on any atom is -0.389 e. The van der Waals surface area contributed by atoms with Crippen LogP contribution in [0.3, 0.4) is 0 Å². The molecule has 1 unspecified atom stereocenters. The molecule has 261 valence electrons. The predicted molar refractivity (Wildman–Crippen MR) is 177 cm³/mol. The fraction of sp³-hybridized carbons (Fsp3) is 0.872. The molecular formula is C39H59N2O6. The highest BCUT2D eigenvalue weighted by molar-refractivity contribution is 5.77. The molecule has 2 amide bonds. The second kappa shape index (κ2) is 11.1. The summed E-state index contributed by atoms with van der Waals surface area (Å²) in [5.41, 5.74) is 0.130. The Bertz CT molecular complexity index is 1270. The maximum Gasteiger partial charge on any atom is 0.223 e. The fourth-order valence-electron chi connectivity index (χ4n) is 13.1. The van der Waals surface area contributed by atoms with Crippen molar-refractivity contribution in [1.82, 2.24) is 10.2 Å². The molecule has 3 radical (unpaired) electrons. The minimum atomic E-state index is -0.613. The van der Waals surface area contributed by atoms with Crippen LogP contribution in [-0.2, 0) is 23.8 Å². The summed E-state index contributed by atoms with van der Waals surface area (Å²) in [7, 11) is 1.68. The molecule has 0 aromatic carbocycles. The van der Waals surface area contributed by atoms with Crippen LogP contribution in [0.25, 0.3) is 0 Å². The lowest BCUT2D eigenvalue weighted by atomic mass is 9.41. The zero-order chi connectivity index (χ0) is 33.1. The highest BCUT2D eigenvalue weighted by Gasteiger charge is 2.85. The van der Waals surface area contributed by atoms with Crippen molar-refractivity contribution in [1.29, 1.82) is 0 Å². The normalized spacial score (nSPS) is 47.7. The lowest BCUT2D eigenvalue weighted by Gasteiger charge is -2.63. The van der Waals surface area contributed by atoms with E-state index in [1.807, 2.05) is 4.90 Å². The molecule has 2 aliphatic heterocycles. The van der Waals surface area contributed by atoms with Gasteiger partial charge >= 0.3 is 0 Å². The molecule has 0 bridgehead atoms. The SMILES string of the molecule is CNC(=O)CC[C]1C[C@@H](C)[C@H]2[C](O1)[C@H](O)[C@@]1(C)[C]3CC[C@H]4C(C)(C)C(O[C@H]5CN(C(=O)CC6CC6)CCO5)CC[C@@]45C[C@@]35CC[C@]21C. The van der Waals surface area contributed by atoms with E-state index in [4.69, 9.17) is 14.2 Å². The number of morpholine rings is 1. The second-order valence-electron chi connectivity index (χ2n) is 18.2. The van der Waals surface area contributed by atoms with Crippen LogP contribution in [0.15, 0.2) is 0 Å². The Labute approximate surface area is 282 Å². The van der Waals surface area contributed by atoms with Gasteiger partial charge < -0.3 is 29.5 Å². The van der Waals surface area contributed by atoms with Crippen LogP contribution in [-0.4, -0.2) is 67.1 Å². The monoisotopic (exact) mass is 651 g/mol. The Morgan fingerprint density at radius 3 is 2.62 bits per heavy atom. The first-order valence-corrected chi connectivity index (χ1v) is 19.0. The topological polar surface area (TPSA) is 97.3 Å². The van der Waals surface area contributed by atoms with Gasteiger partial charge in [-0.05, 0) is 116 Å². The Kier molecular flexibility index (Phi) is 7.81. The van der Waals surface area contributed by atoms with E-state index in [1.165, 1.54) is 32.1 Å². The van der Waals surface area contributed by atoms with Crippen LogP contribution in [0.1, 0.15) is 118 Å². The molecule has 0 aromatic rings. The summed E-state index contributed by atoms with van der Waals surface area (Å²) in [6.45, 7) is 13.8. The number of aliphatic hydroxyl groups is 1. The van der Waals surface area contributed by atoms with Gasteiger partial charge in [0, 0.05) is 37.8 Å². The molecule has 6 aliphatic carbocycles. The zero-order valence-corrected chi connectivity index (χ0v) is 29.8. The van der Waals surface area contributed by atoms with Gasteiger partial charge in [0.15, 0.2) is 6.29 Å². The van der Waals surface area contributed by atoms with Crippen molar-refractivity contribution in [2.24, 2.45) is 50.7 Å². The Morgan fingerprint density at radius 2 is 1.87 bits per heavy atom. The van der Waals surface area contributed by atoms with Crippen LogP contribution >= 0.6 is 0 Å². The van der Waals surface area contributed by atoms with Gasteiger partial charge in [-0.1, -0.05) is 34.6 Å². The van der Waals surface area contributed by atoms with Gasteiger partial charge in [0.2, 0.25) is 11.8 Å². The standard InChI is InChI=1S/C39H59N2O6/c1-23-19-25(9-12-29(42)40-6)46-33-32(23)36(4)15-16-39-22-38(39)14-13-28(35(2,3)26(38)10-11-27(39)37(36,5)34(33)44)47-31-21-41(17-18-45-31)30(43)20-24-7-8-24/h23-24,26,28,31-32,34,44H,7-22H2,1-6H3,(H,40,42)/t23-,26+,28?,31+,32+,34+,36-,37-,38-,39+/m1/s1. The van der Waals surface area contributed by atoms with Crippen LogP contribution in [0, 0.1) is 68.9 Å². The number of nitrogens with one attached hydrogen (secondary N) is 1. The van der Waals surface area contributed by atoms with Crippen molar-refractivity contribution in [2.75, 3.05) is 26.7 Å². The number of aliphatic hydroxyl groups excluding tert-OH is 1. The lowest BCUT2D eigenvalue weighted by molar-refractivity contribution is -0.242. The molecule has 2 saturated heterocycles. The smallest absolute Gasteiger partial charge is 0.223 e. The fourth-order valence-corrected chi connectivity index (χ4v) is 13.1. The van der Waals surface area contributed by atoms with E-state index in [9.17, 15) is 14.7 Å². The van der Waals surface area contributed by atoms with E-state index < -0.39 is 6.10 Å². The van der Waals surface area contributed by atoms with Crippen molar-refractivity contribution >= 4 is 11.8 Å². The van der Waals surface area contributed by atoms with Gasteiger partial charge in [-0.3, -0.25) is 9.59 Å². The van der Waals surface area contributed by atoms with Crippen molar-refractivity contribution in [3.05, 3.63) is 18.1 Å². The van der Waals surface area contributed by atoms with Crippen LogP contribution in [0.5, 0.6) is 0 Å². The number of hydrogen-bond donors (Lipinski definition) is 2. The number of ether oxygens (including phenoxy) is 3. The average Bonchev–Trinajstić information content (AvgIpc) is 3.96. The van der Waals surface area contributed by atoms with Gasteiger partial charge in [-0.25, -0.2) is 0 Å². The Hall–Kier alpha value is -1.22. The summed E-state index contributed by atoms with van der Waals surface area (Å²) in [5, 5.41) is 15.1. The predicted octanol–water partition coefficient (Wildman–Crippen LogP) is 5.98. The molecule has 8 heteroatoms. The third kappa shape index (κ3) is 4.65. The quantitative estimate of drug-likeness (QED) is 0.352. The molecule has 2 heterocycles. The summed E-state index contributed by atoms with van der Waals surface area (Å²) in [6, 6.07) is 0. The molecular weight excluding hydrogens is 592 g/mol. The number of nitrogens with zero attached hydrogens (tertiary/aromatic N) is 1. The Morgan fingerprint density at radius 1 is 1.09 bits per heavy atom. The second-order valence-corrected chi connectivity index (χ2v) is 18.2. The van der Waals surface area contributed by atoms with E-state index in [0.717, 1.165) is 44.3 Å². The molecule has 2 spiro atoms. The number of rotatable bonds is 7. The number of fused-ring (bicyclic) bond motifs is 4. The molecule has 8 nitrogen and oxygen atoms in total. The molecule has 10 atom stereocenters. The zero-order valence-electron chi connectivity index (χ0n) is 29.8. The van der Waals surface area contributed by atoms with Crippen LogP contribution < -0.4 is 5.32 Å². The summed E-state index contributed by atoms with van der Waals surface area (Å²) >= 11 is 0. The number of amides is 2. The molecule has 8 rings (SSSR count). The summed E-state index contributed by atoms with van der Waals surface area (Å²) < 4.78 is 19.6. The van der Waals surface area contributed by atoms with Gasteiger partial charge in [0.25, 0.3) is 0 Å². The van der Waals surface area contributed by atoms with Crippen molar-refractivity contribution < 1.29 is 28.9 Å². The highest BCUT2D eigenvalue weighted by Crippen LogP contribution is 2.90. The van der Waals surface area contributed by atoms with Crippen molar-refractivity contribution in [3.8, 4) is 0 Å². The van der Waals surface area contributed by atoms with Crippen molar-refractivity contribution in [3.63, 3.8) is 0 Å². The number of carbonyl (C=O) groups is 2. The lowest BCUT2D eigenvalue weighted by Crippen LogP contribution is -2.59. The average molecular weight is 652 g/mol. The van der Waals surface area contributed by atoms with Gasteiger partial charge in [0.05, 0.1) is 31.5 Å². The van der Waals surface area contributed by atoms with Gasteiger partial charge in [-0.15, -0.1) is 0 Å². The molecule has 2 N–H and O–H groups in total. The van der Waals surface area contributed by atoms with Crippen molar-refractivity contribution in [2.45, 2.75) is 137 Å². The number of carbonyl (C=O) groups excluding carboxylic acids is 2. The first-order valence-electron chi connectivity index (χ1n) is 19.0. The summed E-state index contributed by atoms with van der Waals surface area (Å²) in [4.78, 5) is 26.9. The first kappa shape index (κ1) is 33.0. The largest absolute Gasteiger partial charge is 0.389 e. The van der Waals surface area contributed by atoms with Crippen LogP contribution in [0.4, 0.5) is 0 Å². The molecule has 0 aromatic heterocycles. The maximum absolute atomic E-state index is 12.9. The third-order valence-corrected chi connectivity index (χ3v) is 15.8. The Balaban J connectivity index is 0.987. The molecule has 8 aliphatic rings. The third-order valence-electron chi connectivity index (χ3n) is 15.8. The van der Waals surface area contributed by atoms with Crippen LogP contribution in [0.2, 0.25) is 0 Å².